The summed E-state index contributed by atoms with van der Waals surface area (Å²) in [6.45, 7) is 1.58. The predicted octanol–water partition coefficient (Wildman–Crippen LogP) is 1.90. The van der Waals surface area contributed by atoms with Crippen LogP contribution in [0.1, 0.15) is 12.5 Å². The average molecular weight is 202 g/mol. The third-order valence-electron chi connectivity index (χ3n) is 1.81. The Morgan fingerprint density at radius 3 is 2.57 bits per heavy atom. The fraction of sp³-hybridized carbons (Fsp3) is 0.400. The molecule has 0 amide bonds. The number of aliphatic hydroxyl groups excluding tert-OH is 1. The van der Waals surface area contributed by atoms with E-state index in [0.717, 1.165) is 6.07 Å². The van der Waals surface area contributed by atoms with Gasteiger partial charge in [-0.3, -0.25) is 0 Å². The molecule has 0 fully saturated rings. The Bertz CT molecular complexity index is 324. The normalized spacial score (nSPS) is 12.6. The van der Waals surface area contributed by atoms with Gasteiger partial charge in [-0.15, -0.1) is 0 Å². The molecule has 0 saturated carbocycles. The van der Waals surface area contributed by atoms with Crippen molar-refractivity contribution in [2.24, 2.45) is 0 Å². The van der Waals surface area contributed by atoms with E-state index in [0.29, 0.717) is 5.56 Å². The molecular weight excluding hydrogens is 190 g/mol. The highest BCUT2D eigenvalue weighted by molar-refractivity contribution is 5.31. The van der Waals surface area contributed by atoms with Crippen LogP contribution in [0.3, 0.4) is 0 Å². The third-order valence-corrected chi connectivity index (χ3v) is 1.81. The minimum absolute atomic E-state index is 0.138. The second kappa shape index (κ2) is 4.37. The fourth-order valence-electron chi connectivity index (χ4n) is 1.22. The Balaban J connectivity index is 3.03. The van der Waals surface area contributed by atoms with Crippen LogP contribution < -0.4 is 4.74 Å². The molecule has 1 aromatic rings. The first kappa shape index (κ1) is 10.9. The number of aliphatic hydroxyl groups is 1. The monoisotopic (exact) mass is 202 g/mol. The van der Waals surface area contributed by atoms with Crippen LogP contribution in [-0.4, -0.2) is 18.3 Å². The van der Waals surface area contributed by atoms with Gasteiger partial charge in [0.05, 0.1) is 13.2 Å². The summed E-state index contributed by atoms with van der Waals surface area (Å²) >= 11 is 0. The summed E-state index contributed by atoms with van der Waals surface area (Å²) in [7, 11) is 1.27. The maximum Gasteiger partial charge on any atom is 0.200 e. The zero-order chi connectivity index (χ0) is 10.7. The van der Waals surface area contributed by atoms with Crippen LogP contribution in [-0.2, 0) is 6.42 Å². The molecule has 4 heteroatoms. The molecule has 78 valence electrons. The van der Waals surface area contributed by atoms with Crippen molar-refractivity contribution < 1.29 is 18.6 Å². The number of hydrogen-bond acceptors (Lipinski definition) is 2. The number of methoxy groups -OCH3 is 1. The molecule has 0 aliphatic rings. The molecule has 0 aliphatic carbocycles. The first-order valence-corrected chi connectivity index (χ1v) is 4.24. The lowest BCUT2D eigenvalue weighted by Crippen LogP contribution is -2.05. The highest BCUT2D eigenvalue weighted by Crippen LogP contribution is 2.22. The molecule has 0 aliphatic heterocycles. The van der Waals surface area contributed by atoms with Gasteiger partial charge in [0.15, 0.2) is 11.6 Å². The van der Waals surface area contributed by atoms with Gasteiger partial charge in [0.25, 0.3) is 0 Å². The molecule has 0 radical (unpaired) electrons. The molecule has 1 N–H and O–H groups in total. The highest BCUT2D eigenvalue weighted by atomic mass is 19.2. The quantitative estimate of drug-likeness (QED) is 0.811. The van der Waals surface area contributed by atoms with E-state index >= 15 is 0 Å². The van der Waals surface area contributed by atoms with Gasteiger partial charge in [-0.1, -0.05) is 0 Å². The van der Waals surface area contributed by atoms with Gasteiger partial charge in [0.2, 0.25) is 5.82 Å². The van der Waals surface area contributed by atoms with E-state index in [1.165, 1.54) is 13.2 Å². The zero-order valence-electron chi connectivity index (χ0n) is 8.05. The Kier molecular flexibility index (Phi) is 3.41. The van der Waals surface area contributed by atoms with Crippen molar-refractivity contribution in [2.75, 3.05) is 7.11 Å². The summed E-state index contributed by atoms with van der Waals surface area (Å²) in [4.78, 5) is 0. The molecule has 0 unspecified atom stereocenters. The summed E-state index contributed by atoms with van der Waals surface area (Å²) in [6.07, 6.45) is -0.322. The van der Waals surface area contributed by atoms with Gasteiger partial charge in [0.1, 0.15) is 0 Å². The number of halogens is 2. The molecule has 0 saturated heterocycles. The summed E-state index contributed by atoms with van der Waals surface area (Å²) < 4.78 is 30.5. The topological polar surface area (TPSA) is 29.5 Å². The molecule has 1 rings (SSSR count). The lowest BCUT2D eigenvalue weighted by Gasteiger charge is -2.08. The van der Waals surface area contributed by atoms with Crippen LogP contribution in [0.2, 0.25) is 0 Å². The van der Waals surface area contributed by atoms with Gasteiger partial charge < -0.3 is 9.84 Å². The van der Waals surface area contributed by atoms with Crippen LogP contribution in [0.4, 0.5) is 8.78 Å². The van der Waals surface area contributed by atoms with E-state index in [-0.39, 0.29) is 12.2 Å². The molecule has 0 heterocycles. The van der Waals surface area contributed by atoms with Gasteiger partial charge in [-0.05, 0) is 31.0 Å². The molecule has 1 atom stereocenters. The lowest BCUT2D eigenvalue weighted by atomic mass is 10.1. The van der Waals surface area contributed by atoms with Crippen molar-refractivity contribution in [2.45, 2.75) is 19.4 Å². The molecule has 0 aromatic heterocycles. The van der Waals surface area contributed by atoms with E-state index < -0.39 is 17.7 Å². The van der Waals surface area contributed by atoms with Crippen molar-refractivity contribution in [1.29, 1.82) is 0 Å². The lowest BCUT2D eigenvalue weighted by molar-refractivity contribution is 0.195. The second-order valence-corrected chi connectivity index (χ2v) is 3.15. The highest BCUT2D eigenvalue weighted by Gasteiger charge is 2.11. The smallest absolute Gasteiger partial charge is 0.200 e. The van der Waals surface area contributed by atoms with Gasteiger partial charge in [-0.2, -0.15) is 4.39 Å². The Labute approximate surface area is 81.1 Å². The number of hydrogen-bond donors (Lipinski definition) is 1. The van der Waals surface area contributed by atoms with E-state index in [4.69, 9.17) is 5.11 Å². The Hall–Kier alpha value is -1.16. The number of benzene rings is 1. The van der Waals surface area contributed by atoms with Crippen molar-refractivity contribution >= 4 is 0 Å². The summed E-state index contributed by atoms with van der Waals surface area (Å²) in [6, 6.07) is 2.44. The van der Waals surface area contributed by atoms with Crippen LogP contribution in [0.25, 0.3) is 0 Å². The maximum absolute atomic E-state index is 13.0. The van der Waals surface area contributed by atoms with Crippen LogP contribution in [0.15, 0.2) is 12.1 Å². The molecule has 1 aromatic carbocycles. The molecule has 2 nitrogen and oxygen atoms in total. The largest absolute Gasteiger partial charge is 0.494 e. The summed E-state index contributed by atoms with van der Waals surface area (Å²) in [5, 5.41) is 9.07. The molecule has 14 heavy (non-hydrogen) atoms. The van der Waals surface area contributed by atoms with Crippen LogP contribution >= 0.6 is 0 Å². The molecule has 0 bridgehead atoms. The van der Waals surface area contributed by atoms with E-state index in [1.54, 1.807) is 6.92 Å². The van der Waals surface area contributed by atoms with Gasteiger partial charge >= 0.3 is 0 Å². The van der Waals surface area contributed by atoms with Gasteiger partial charge in [0, 0.05) is 0 Å². The van der Waals surface area contributed by atoms with Crippen LogP contribution in [0.5, 0.6) is 5.75 Å². The van der Waals surface area contributed by atoms with E-state index in [2.05, 4.69) is 4.74 Å². The minimum atomic E-state index is -0.998. The predicted molar refractivity (Wildman–Crippen MR) is 48.3 cm³/mol. The maximum atomic E-state index is 13.0. The Morgan fingerprint density at radius 2 is 2.07 bits per heavy atom. The SMILES string of the molecule is COc1cc(C[C@@H](C)O)cc(F)c1F. The summed E-state index contributed by atoms with van der Waals surface area (Å²) in [5.74, 6) is -2.09. The second-order valence-electron chi connectivity index (χ2n) is 3.15. The Morgan fingerprint density at radius 1 is 1.43 bits per heavy atom. The van der Waals surface area contributed by atoms with E-state index in [9.17, 15) is 8.78 Å². The van der Waals surface area contributed by atoms with Crippen molar-refractivity contribution in [3.05, 3.63) is 29.3 Å². The zero-order valence-corrected chi connectivity index (χ0v) is 8.05. The number of rotatable bonds is 3. The average Bonchev–Trinajstić information content (AvgIpc) is 2.10. The van der Waals surface area contributed by atoms with Gasteiger partial charge in [-0.25, -0.2) is 4.39 Å². The minimum Gasteiger partial charge on any atom is -0.494 e. The third kappa shape index (κ3) is 2.42. The van der Waals surface area contributed by atoms with Crippen molar-refractivity contribution in [3.8, 4) is 5.75 Å². The first-order chi connectivity index (χ1) is 6.54. The van der Waals surface area contributed by atoms with Crippen LogP contribution in [0, 0.1) is 11.6 Å². The summed E-state index contributed by atoms with van der Waals surface area (Å²) in [5.41, 5.74) is 0.510. The van der Waals surface area contributed by atoms with E-state index in [1.807, 2.05) is 0 Å². The molecule has 0 spiro atoms. The van der Waals surface area contributed by atoms with Crippen molar-refractivity contribution in [3.63, 3.8) is 0 Å². The fourth-order valence-corrected chi connectivity index (χ4v) is 1.22. The standard InChI is InChI=1S/C10H12F2O2/c1-6(13)3-7-4-8(11)10(12)9(5-7)14-2/h4-6,13H,3H2,1-2H3/t6-/m1/s1. The van der Waals surface area contributed by atoms with Crippen molar-refractivity contribution in [1.82, 2.24) is 0 Å². The molecular formula is C10H12F2O2. The first-order valence-electron chi connectivity index (χ1n) is 4.24. The number of ether oxygens (including phenoxy) is 1.